The zero-order chi connectivity index (χ0) is 18.0. The Hall–Kier alpha value is -3.18. The summed E-state index contributed by atoms with van der Waals surface area (Å²) >= 11 is 0. The molecule has 0 fully saturated rings. The van der Waals surface area contributed by atoms with E-state index in [1.54, 1.807) is 18.2 Å². The molecule has 0 aliphatic carbocycles. The SMILES string of the molecule is COC(=O)c1ccc2c(-c3ccccc3)c(CO)c(C(=O)O)cc2c1. The molecule has 0 aromatic heterocycles. The maximum absolute atomic E-state index is 11.8. The Labute approximate surface area is 144 Å². The first-order valence-electron chi connectivity index (χ1n) is 7.64. The van der Waals surface area contributed by atoms with Gasteiger partial charge in [0.25, 0.3) is 0 Å². The number of fused-ring (bicyclic) bond motifs is 1. The first kappa shape index (κ1) is 16.7. The number of aromatic carboxylic acids is 1. The third-order valence-corrected chi connectivity index (χ3v) is 4.12. The van der Waals surface area contributed by atoms with Crippen molar-refractivity contribution in [2.75, 3.05) is 7.11 Å². The Kier molecular flexibility index (Phi) is 4.50. The molecule has 3 aromatic carbocycles. The van der Waals surface area contributed by atoms with Gasteiger partial charge in [0.15, 0.2) is 0 Å². The lowest BCUT2D eigenvalue weighted by Gasteiger charge is -2.15. The minimum atomic E-state index is -1.13. The van der Waals surface area contributed by atoms with E-state index in [4.69, 9.17) is 4.74 Å². The Morgan fingerprint density at radius 2 is 1.76 bits per heavy atom. The van der Waals surface area contributed by atoms with Crippen LogP contribution in [0, 0.1) is 0 Å². The van der Waals surface area contributed by atoms with Crippen molar-refractivity contribution in [3.63, 3.8) is 0 Å². The Bertz CT molecular complexity index is 961. The number of carboxylic acids is 1. The molecule has 126 valence electrons. The summed E-state index contributed by atoms with van der Waals surface area (Å²) in [4.78, 5) is 23.5. The molecule has 0 saturated heterocycles. The van der Waals surface area contributed by atoms with Crippen molar-refractivity contribution in [2.24, 2.45) is 0 Å². The molecule has 0 radical (unpaired) electrons. The van der Waals surface area contributed by atoms with Crippen LogP contribution in [0.3, 0.4) is 0 Å². The van der Waals surface area contributed by atoms with Gasteiger partial charge < -0.3 is 14.9 Å². The van der Waals surface area contributed by atoms with Crippen LogP contribution in [-0.4, -0.2) is 29.3 Å². The first-order valence-corrected chi connectivity index (χ1v) is 7.64. The summed E-state index contributed by atoms with van der Waals surface area (Å²) in [7, 11) is 1.29. The van der Waals surface area contributed by atoms with E-state index in [0.717, 1.165) is 10.9 Å². The number of hydrogen-bond donors (Lipinski definition) is 2. The molecule has 25 heavy (non-hydrogen) atoms. The zero-order valence-electron chi connectivity index (χ0n) is 13.5. The number of rotatable bonds is 4. The van der Waals surface area contributed by atoms with Gasteiger partial charge in [0.1, 0.15) is 0 Å². The van der Waals surface area contributed by atoms with Crippen molar-refractivity contribution >= 4 is 22.7 Å². The van der Waals surface area contributed by atoms with E-state index in [1.165, 1.54) is 13.2 Å². The molecule has 0 saturated carbocycles. The summed E-state index contributed by atoms with van der Waals surface area (Å²) in [6, 6.07) is 15.7. The quantitative estimate of drug-likeness (QED) is 0.713. The Morgan fingerprint density at radius 1 is 1.04 bits per heavy atom. The highest BCUT2D eigenvalue weighted by atomic mass is 16.5. The highest BCUT2D eigenvalue weighted by Crippen LogP contribution is 2.35. The molecule has 0 heterocycles. The summed E-state index contributed by atoms with van der Waals surface area (Å²) in [6.45, 7) is -0.402. The molecule has 0 unspecified atom stereocenters. The van der Waals surface area contributed by atoms with Gasteiger partial charge >= 0.3 is 11.9 Å². The topological polar surface area (TPSA) is 83.8 Å². The van der Waals surface area contributed by atoms with Gasteiger partial charge in [0, 0.05) is 5.56 Å². The standard InChI is InChI=1S/C20H16O5/c1-25-20(24)13-7-8-15-14(9-13)10-16(19(22)23)17(11-21)18(15)12-5-3-2-4-6-12/h2-10,21H,11H2,1H3,(H,22,23). The number of ether oxygens (including phenoxy) is 1. The minimum Gasteiger partial charge on any atom is -0.478 e. The average Bonchev–Trinajstić information content (AvgIpc) is 2.65. The summed E-state index contributed by atoms with van der Waals surface area (Å²) in [5, 5.41) is 20.7. The molecule has 5 nitrogen and oxygen atoms in total. The first-order chi connectivity index (χ1) is 12.1. The van der Waals surface area contributed by atoms with Crippen molar-refractivity contribution < 1.29 is 24.5 Å². The lowest BCUT2D eigenvalue weighted by Crippen LogP contribution is -2.06. The second kappa shape index (κ2) is 6.75. The Balaban J connectivity index is 2.41. The maximum Gasteiger partial charge on any atom is 0.337 e. The third kappa shape index (κ3) is 2.97. The molecule has 0 aliphatic rings. The van der Waals surface area contributed by atoms with E-state index in [-0.39, 0.29) is 5.56 Å². The van der Waals surface area contributed by atoms with E-state index in [1.807, 2.05) is 30.3 Å². The molecule has 0 amide bonds. The fraction of sp³-hybridized carbons (Fsp3) is 0.100. The van der Waals surface area contributed by atoms with Gasteiger partial charge in [0.2, 0.25) is 0 Å². The van der Waals surface area contributed by atoms with Crippen molar-refractivity contribution in [1.29, 1.82) is 0 Å². The van der Waals surface area contributed by atoms with Crippen molar-refractivity contribution in [3.05, 3.63) is 71.3 Å². The van der Waals surface area contributed by atoms with E-state index in [2.05, 4.69) is 0 Å². The highest BCUT2D eigenvalue weighted by molar-refractivity contribution is 6.07. The smallest absolute Gasteiger partial charge is 0.337 e. The molecule has 0 atom stereocenters. The lowest BCUT2D eigenvalue weighted by molar-refractivity contribution is 0.0600. The van der Waals surface area contributed by atoms with Crippen LogP contribution >= 0.6 is 0 Å². The highest BCUT2D eigenvalue weighted by Gasteiger charge is 2.19. The lowest BCUT2D eigenvalue weighted by atomic mass is 9.89. The summed E-state index contributed by atoms with van der Waals surface area (Å²) < 4.78 is 4.73. The molecule has 5 heteroatoms. The largest absolute Gasteiger partial charge is 0.478 e. The van der Waals surface area contributed by atoms with Crippen LogP contribution in [0.5, 0.6) is 0 Å². The molecule has 2 N–H and O–H groups in total. The van der Waals surface area contributed by atoms with E-state index in [9.17, 15) is 19.8 Å². The van der Waals surface area contributed by atoms with Crippen LogP contribution in [-0.2, 0) is 11.3 Å². The molecular weight excluding hydrogens is 320 g/mol. The number of hydrogen-bond acceptors (Lipinski definition) is 4. The van der Waals surface area contributed by atoms with Gasteiger partial charge in [-0.05, 0) is 40.1 Å². The van der Waals surface area contributed by atoms with Gasteiger partial charge in [0.05, 0.1) is 24.8 Å². The number of aliphatic hydroxyl groups is 1. The van der Waals surface area contributed by atoms with Gasteiger partial charge in [-0.1, -0.05) is 36.4 Å². The van der Waals surface area contributed by atoms with Gasteiger partial charge in [-0.25, -0.2) is 9.59 Å². The van der Waals surface area contributed by atoms with E-state index in [0.29, 0.717) is 22.1 Å². The van der Waals surface area contributed by atoms with E-state index < -0.39 is 18.5 Å². The number of esters is 1. The average molecular weight is 336 g/mol. The second-order valence-corrected chi connectivity index (χ2v) is 5.53. The van der Waals surface area contributed by atoms with Crippen molar-refractivity contribution in [3.8, 4) is 11.1 Å². The van der Waals surface area contributed by atoms with Crippen LogP contribution in [0.1, 0.15) is 26.3 Å². The fourth-order valence-electron chi connectivity index (χ4n) is 2.98. The normalized spacial score (nSPS) is 10.6. The monoisotopic (exact) mass is 336 g/mol. The summed E-state index contributed by atoms with van der Waals surface area (Å²) in [5.74, 6) is -1.63. The van der Waals surface area contributed by atoms with Crippen LogP contribution in [0.4, 0.5) is 0 Å². The molecule has 0 aliphatic heterocycles. The third-order valence-electron chi connectivity index (χ3n) is 4.12. The maximum atomic E-state index is 11.8. The van der Waals surface area contributed by atoms with Gasteiger partial charge in [-0.2, -0.15) is 0 Å². The molecule has 0 bridgehead atoms. The number of benzene rings is 3. The fourth-order valence-corrected chi connectivity index (χ4v) is 2.98. The number of carbonyl (C=O) groups excluding carboxylic acids is 1. The van der Waals surface area contributed by atoms with Crippen LogP contribution in [0.25, 0.3) is 21.9 Å². The van der Waals surface area contributed by atoms with Gasteiger partial charge in [-0.3, -0.25) is 0 Å². The number of carboxylic acid groups (broad SMARTS) is 1. The Morgan fingerprint density at radius 3 is 2.36 bits per heavy atom. The molecule has 3 aromatic rings. The summed E-state index contributed by atoms with van der Waals surface area (Å²) in [5.41, 5.74) is 2.13. The van der Waals surface area contributed by atoms with Crippen molar-refractivity contribution in [1.82, 2.24) is 0 Å². The van der Waals surface area contributed by atoms with Crippen LogP contribution in [0.2, 0.25) is 0 Å². The summed E-state index contributed by atoms with van der Waals surface area (Å²) in [6.07, 6.45) is 0. The number of aliphatic hydroxyl groups excluding tert-OH is 1. The minimum absolute atomic E-state index is 0.0101. The van der Waals surface area contributed by atoms with Crippen molar-refractivity contribution in [2.45, 2.75) is 6.61 Å². The van der Waals surface area contributed by atoms with E-state index >= 15 is 0 Å². The molecule has 3 rings (SSSR count). The zero-order valence-corrected chi connectivity index (χ0v) is 13.5. The molecule has 0 spiro atoms. The van der Waals surface area contributed by atoms with Crippen LogP contribution < -0.4 is 0 Å². The molecular formula is C20H16O5. The second-order valence-electron chi connectivity index (χ2n) is 5.53. The van der Waals surface area contributed by atoms with Crippen LogP contribution in [0.15, 0.2) is 54.6 Å². The number of methoxy groups -OCH3 is 1. The number of carbonyl (C=O) groups is 2. The predicted molar refractivity (Wildman–Crippen MR) is 93.6 cm³/mol. The predicted octanol–water partition coefficient (Wildman–Crippen LogP) is 3.48. The van der Waals surface area contributed by atoms with Gasteiger partial charge in [-0.15, -0.1) is 0 Å².